The minimum absolute atomic E-state index is 0.0313. The van der Waals surface area contributed by atoms with Gasteiger partial charge < -0.3 is 14.4 Å². The normalized spacial score (nSPS) is 21.2. The molecule has 0 fully saturated rings. The van der Waals surface area contributed by atoms with Crippen LogP contribution in [0.1, 0.15) is 30.5 Å². The van der Waals surface area contributed by atoms with Gasteiger partial charge in [0.15, 0.2) is 0 Å². The quantitative estimate of drug-likeness (QED) is 0.685. The summed E-state index contributed by atoms with van der Waals surface area (Å²) >= 11 is 6.09. The molecule has 0 radical (unpaired) electrons. The number of amides is 1. The molecule has 0 saturated carbocycles. The summed E-state index contributed by atoms with van der Waals surface area (Å²) in [4.78, 5) is 23.8. The summed E-state index contributed by atoms with van der Waals surface area (Å²) in [6, 6.07) is 6.45. The van der Waals surface area contributed by atoms with Crippen molar-refractivity contribution in [2.75, 3.05) is 20.8 Å². The molecule has 0 spiro atoms. The van der Waals surface area contributed by atoms with Crippen LogP contribution in [0, 0.1) is 0 Å². The summed E-state index contributed by atoms with van der Waals surface area (Å²) in [5.41, 5.74) is 4.58. The molecule has 2 unspecified atom stereocenters. The zero-order valence-electron chi connectivity index (χ0n) is 18.7. The number of carbonyl (C=O) groups is 1. The molecule has 8 nitrogen and oxygen atoms in total. The molecule has 1 aromatic carbocycles. The number of methoxy groups -OCH3 is 2. The van der Waals surface area contributed by atoms with Crippen LogP contribution in [0.3, 0.4) is 0 Å². The van der Waals surface area contributed by atoms with Crippen molar-refractivity contribution in [2.24, 2.45) is 5.10 Å². The number of aromatic nitrogens is 2. The molecule has 2 atom stereocenters. The molecule has 1 aromatic heterocycles. The van der Waals surface area contributed by atoms with E-state index in [4.69, 9.17) is 21.1 Å². The molecule has 0 saturated heterocycles. The van der Waals surface area contributed by atoms with Crippen molar-refractivity contribution >= 4 is 23.2 Å². The van der Waals surface area contributed by atoms with E-state index in [2.05, 4.69) is 34.1 Å². The van der Waals surface area contributed by atoms with Gasteiger partial charge in [0, 0.05) is 25.4 Å². The number of hydrogen-bond acceptors (Lipinski definition) is 7. The minimum atomic E-state index is -0.0960. The van der Waals surface area contributed by atoms with Gasteiger partial charge >= 0.3 is 6.01 Å². The summed E-state index contributed by atoms with van der Waals surface area (Å²) < 4.78 is 10.6. The lowest BCUT2D eigenvalue weighted by Gasteiger charge is -2.35. The molecule has 170 valence electrons. The lowest BCUT2D eigenvalue weighted by molar-refractivity contribution is -0.126. The van der Waals surface area contributed by atoms with Gasteiger partial charge in [-0.1, -0.05) is 29.8 Å². The molecule has 0 bridgehead atoms. The fourth-order valence-electron chi connectivity index (χ4n) is 4.56. The molecular formula is C24H24ClN5O3. The minimum Gasteiger partial charge on any atom is -0.480 e. The van der Waals surface area contributed by atoms with Crippen molar-refractivity contribution in [2.45, 2.75) is 31.8 Å². The summed E-state index contributed by atoms with van der Waals surface area (Å²) in [6.07, 6.45) is 8.65. The number of allylic oxidation sites excluding steroid dienone is 2. The average molecular weight is 466 g/mol. The fraction of sp³-hybridized carbons (Fsp3) is 0.333. The molecular weight excluding hydrogens is 442 g/mol. The standard InChI is InChI=1S/C24H24ClN5O3/c1-14-19-10-16(20-12-26-24(33-3)27-22(20)32-2)5-4-15(19)8-9-29(14)23(31)21-11-18-7-6-17(25)13-30(18)28-21/h4-7,10,12-14,18H,8-9,11H2,1-3H3. The molecule has 3 aliphatic rings. The summed E-state index contributed by atoms with van der Waals surface area (Å²) in [7, 11) is 3.09. The SMILES string of the molecule is COc1ncc(-c2ccc3c(c2)C(C)N(C(=O)C2=NN4C=C(Cl)C=CC4C2)CC3)c(OC)n1. The van der Waals surface area contributed by atoms with Gasteiger partial charge in [-0.15, -0.1) is 0 Å². The highest BCUT2D eigenvalue weighted by Crippen LogP contribution is 2.36. The Bertz CT molecular complexity index is 1210. The van der Waals surface area contributed by atoms with Crippen LogP contribution in [0.2, 0.25) is 0 Å². The number of ether oxygens (including phenoxy) is 2. The zero-order chi connectivity index (χ0) is 23.1. The molecule has 1 amide bonds. The van der Waals surface area contributed by atoms with Gasteiger partial charge in [0.25, 0.3) is 5.91 Å². The Hall–Kier alpha value is -3.39. The number of halogens is 1. The predicted octanol–water partition coefficient (Wildman–Crippen LogP) is 3.69. The Labute approximate surface area is 197 Å². The second kappa shape index (κ2) is 8.51. The largest absolute Gasteiger partial charge is 0.480 e. The zero-order valence-corrected chi connectivity index (χ0v) is 19.4. The van der Waals surface area contributed by atoms with Gasteiger partial charge in [0.1, 0.15) is 5.71 Å². The number of fused-ring (bicyclic) bond motifs is 2. The first-order valence-electron chi connectivity index (χ1n) is 10.8. The second-order valence-electron chi connectivity index (χ2n) is 8.19. The highest BCUT2D eigenvalue weighted by atomic mass is 35.5. The van der Waals surface area contributed by atoms with Gasteiger partial charge in [0.05, 0.1) is 36.9 Å². The van der Waals surface area contributed by atoms with Crippen LogP contribution in [-0.2, 0) is 11.2 Å². The van der Waals surface area contributed by atoms with Crippen LogP contribution in [0.5, 0.6) is 11.9 Å². The number of rotatable bonds is 4. The van der Waals surface area contributed by atoms with Crippen molar-refractivity contribution in [3.8, 4) is 23.0 Å². The average Bonchev–Trinajstić information content (AvgIpc) is 3.26. The maximum absolute atomic E-state index is 13.4. The van der Waals surface area contributed by atoms with E-state index in [0.717, 1.165) is 23.1 Å². The van der Waals surface area contributed by atoms with E-state index in [9.17, 15) is 4.79 Å². The third-order valence-electron chi connectivity index (χ3n) is 6.32. The lowest BCUT2D eigenvalue weighted by atomic mass is 9.90. The van der Waals surface area contributed by atoms with E-state index in [-0.39, 0.29) is 24.0 Å². The molecule has 0 N–H and O–H groups in total. The van der Waals surface area contributed by atoms with Crippen LogP contribution in [0.15, 0.2) is 52.9 Å². The molecule has 33 heavy (non-hydrogen) atoms. The van der Waals surface area contributed by atoms with E-state index < -0.39 is 0 Å². The summed E-state index contributed by atoms with van der Waals surface area (Å²) in [6.45, 7) is 2.71. The molecule has 2 aromatic rings. The topological polar surface area (TPSA) is 80.2 Å². The maximum Gasteiger partial charge on any atom is 0.319 e. The Morgan fingerprint density at radius 2 is 2.09 bits per heavy atom. The van der Waals surface area contributed by atoms with Crippen LogP contribution in [0.4, 0.5) is 0 Å². The Kier molecular flexibility index (Phi) is 5.54. The molecule has 0 aliphatic carbocycles. The van der Waals surface area contributed by atoms with E-state index >= 15 is 0 Å². The molecule has 9 heteroatoms. The fourth-order valence-corrected chi connectivity index (χ4v) is 4.73. The van der Waals surface area contributed by atoms with Gasteiger partial charge in [-0.05, 0) is 42.2 Å². The smallest absolute Gasteiger partial charge is 0.319 e. The number of hydrogen-bond donors (Lipinski definition) is 0. The number of hydrazone groups is 1. The van der Waals surface area contributed by atoms with Crippen molar-refractivity contribution in [3.63, 3.8) is 0 Å². The van der Waals surface area contributed by atoms with E-state index in [1.54, 1.807) is 24.5 Å². The van der Waals surface area contributed by atoms with Crippen LogP contribution in [-0.4, -0.2) is 58.3 Å². The monoisotopic (exact) mass is 465 g/mol. The third kappa shape index (κ3) is 3.84. The van der Waals surface area contributed by atoms with Gasteiger partial charge in [0.2, 0.25) is 5.88 Å². The summed E-state index contributed by atoms with van der Waals surface area (Å²) in [5.74, 6) is 0.408. The Balaban J connectivity index is 1.42. The Morgan fingerprint density at radius 1 is 1.24 bits per heavy atom. The number of carbonyl (C=O) groups excluding carboxylic acids is 1. The van der Waals surface area contributed by atoms with Crippen LogP contribution >= 0.6 is 11.6 Å². The first-order chi connectivity index (χ1) is 16.0. The first kappa shape index (κ1) is 21.5. The van der Waals surface area contributed by atoms with Crippen molar-refractivity contribution in [1.29, 1.82) is 0 Å². The Morgan fingerprint density at radius 3 is 2.88 bits per heavy atom. The lowest BCUT2D eigenvalue weighted by Crippen LogP contribution is -2.42. The second-order valence-corrected chi connectivity index (χ2v) is 8.63. The highest BCUT2D eigenvalue weighted by molar-refractivity contribution is 6.39. The number of benzene rings is 1. The van der Waals surface area contributed by atoms with Crippen molar-refractivity contribution in [3.05, 3.63) is 58.9 Å². The van der Waals surface area contributed by atoms with E-state index in [1.165, 1.54) is 12.7 Å². The number of nitrogens with zero attached hydrogens (tertiary/aromatic N) is 5. The molecule has 5 rings (SSSR count). The predicted molar refractivity (Wildman–Crippen MR) is 125 cm³/mol. The van der Waals surface area contributed by atoms with E-state index in [0.29, 0.717) is 29.6 Å². The summed E-state index contributed by atoms with van der Waals surface area (Å²) in [5, 5.41) is 6.91. The van der Waals surface area contributed by atoms with Gasteiger partial charge in [-0.2, -0.15) is 10.1 Å². The van der Waals surface area contributed by atoms with Gasteiger partial charge in [-0.3, -0.25) is 9.80 Å². The van der Waals surface area contributed by atoms with Gasteiger partial charge in [-0.25, -0.2) is 4.98 Å². The first-order valence-corrected chi connectivity index (χ1v) is 11.2. The van der Waals surface area contributed by atoms with Crippen molar-refractivity contribution in [1.82, 2.24) is 19.9 Å². The van der Waals surface area contributed by atoms with Crippen LogP contribution in [0.25, 0.3) is 11.1 Å². The highest BCUT2D eigenvalue weighted by Gasteiger charge is 2.35. The molecule has 4 heterocycles. The van der Waals surface area contributed by atoms with Crippen molar-refractivity contribution < 1.29 is 14.3 Å². The molecule has 3 aliphatic heterocycles. The maximum atomic E-state index is 13.4. The van der Waals surface area contributed by atoms with Crippen LogP contribution < -0.4 is 9.47 Å². The third-order valence-corrected chi connectivity index (χ3v) is 6.55. The van der Waals surface area contributed by atoms with E-state index in [1.807, 2.05) is 23.1 Å².